The van der Waals surface area contributed by atoms with E-state index in [2.05, 4.69) is 5.32 Å². The van der Waals surface area contributed by atoms with Gasteiger partial charge >= 0.3 is 0 Å². The fraction of sp³-hybridized carbons (Fsp3) is 0.846. The number of carbonyl (C=O) groups is 2. The van der Waals surface area contributed by atoms with E-state index in [9.17, 15) is 9.59 Å². The molecule has 1 saturated heterocycles. The maximum Gasteiger partial charge on any atom is 0.240 e. The van der Waals surface area contributed by atoms with E-state index < -0.39 is 6.04 Å². The predicted molar refractivity (Wildman–Crippen MR) is 72.4 cm³/mol. The molecule has 1 aliphatic heterocycles. The first-order valence-corrected chi connectivity index (χ1v) is 6.62. The second kappa shape index (κ2) is 6.34. The molecule has 1 aliphatic rings. The van der Waals surface area contributed by atoms with Crippen LogP contribution in [-0.2, 0) is 14.3 Å². The highest BCUT2D eigenvalue weighted by Gasteiger charge is 2.33. The van der Waals surface area contributed by atoms with E-state index in [-0.39, 0.29) is 23.3 Å². The van der Waals surface area contributed by atoms with Crippen molar-refractivity contribution < 1.29 is 14.3 Å². The van der Waals surface area contributed by atoms with Gasteiger partial charge in [0.2, 0.25) is 11.8 Å². The zero-order chi connectivity index (χ0) is 14.6. The van der Waals surface area contributed by atoms with Crippen molar-refractivity contribution in [3.63, 3.8) is 0 Å². The lowest BCUT2D eigenvalue weighted by molar-refractivity contribution is -0.142. The largest absolute Gasteiger partial charge is 0.373 e. The van der Waals surface area contributed by atoms with E-state index in [4.69, 9.17) is 10.5 Å². The molecule has 0 aromatic heterocycles. The summed E-state index contributed by atoms with van der Waals surface area (Å²) in [6.45, 7) is 9.24. The molecule has 3 N–H and O–H groups in total. The van der Waals surface area contributed by atoms with Crippen molar-refractivity contribution in [3.05, 3.63) is 0 Å². The molecule has 0 aliphatic carbocycles. The zero-order valence-electron chi connectivity index (χ0n) is 12.2. The molecule has 110 valence electrons. The summed E-state index contributed by atoms with van der Waals surface area (Å²) in [6, 6.07) is -0.521. The highest BCUT2D eigenvalue weighted by atomic mass is 16.5. The van der Waals surface area contributed by atoms with Crippen LogP contribution in [0.4, 0.5) is 0 Å². The normalized spacial score (nSPS) is 21.9. The molecule has 0 bridgehead atoms. The Morgan fingerprint density at radius 1 is 1.47 bits per heavy atom. The van der Waals surface area contributed by atoms with E-state index >= 15 is 0 Å². The molecule has 1 fully saturated rings. The molecule has 6 heteroatoms. The van der Waals surface area contributed by atoms with E-state index in [1.807, 2.05) is 20.8 Å². The third-order valence-electron chi connectivity index (χ3n) is 3.23. The Kier molecular flexibility index (Phi) is 5.31. The molecule has 1 heterocycles. The molecule has 0 aromatic rings. The van der Waals surface area contributed by atoms with Crippen molar-refractivity contribution in [2.75, 3.05) is 26.2 Å². The lowest BCUT2D eigenvalue weighted by atomic mass is 9.86. The Hall–Kier alpha value is -1.14. The third-order valence-corrected chi connectivity index (χ3v) is 3.23. The molecule has 0 aromatic carbocycles. The molecule has 19 heavy (non-hydrogen) atoms. The summed E-state index contributed by atoms with van der Waals surface area (Å²) >= 11 is 0. The highest BCUT2D eigenvalue weighted by Crippen LogP contribution is 2.20. The first-order chi connectivity index (χ1) is 8.71. The van der Waals surface area contributed by atoms with E-state index in [1.54, 1.807) is 4.90 Å². The first-order valence-electron chi connectivity index (χ1n) is 6.62. The van der Waals surface area contributed by atoms with Gasteiger partial charge in [-0.15, -0.1) is 0 Å². The molecule has 2 atom stereocenters. The minimum atomic E-state index is -0.521. The number of nitrogens with one attached hydrogen (secondary N) is 1. The second-order valence-electron chi connectivity index (χ2n) is 6.06. The van der Waals surface area contributed by atoms with Gasteiger partial charge in [0.1, 0.15) is 0 Å². The smallest absolute Gasteiger partial charge is 0.240 e. The Bertz CT molecular complexity index is 339. The van der Waals surface area contributed by atoms with Gasteiger partial charge in [-0.1, -0.05) is 20.8 Å². The molecule has 2 amide bonds. The van der Waals surface area contributed by atoms with Crippen molar-refractivity contribution in [2.24, 2.45) is 11.1 Å². The average molecular weight is 271 g/mol. The van der Waals surface area contributed by atoms with Gasteiger partial charge in [0.25, 0.3) is 0 Å². The minimum absolute atomic E-state index is 0.0522. The number of ether oxygens (including phenoxy) is 1. The number of carbonyl (C=O) groups excluding carboxylic acids is 2. The van der Waals surface area contributed by atoms with Crippen molar-refractivity contribution in [1.82, 2.24) is 10.2 Å². The van der Waals surface area contributed by atoms with Gasteiger partial charge in [-0.2, -0.15) is 0 Å². The van der Waals surface area contributed by atoms with Crippen molar-refractivity contribution in [1.29, 1.82) is 0 Å². The van der Waals surface area contributed by atoms with Crippen LogP contribution in [0.3, 0.4) is 0 Å². The van der Waals surface area contributed by atoms with Gasteiger partial charge in [0.05, 0.1) is 18.8 Å². The van der Waals surface area contributed by atoms with Crippen LogP contribution in [0.25, 0.3) is 0 Å². The Balaban J connectivity index is 2.54. The summed E-state index contributed by atoms with van der Waals surface area (Å²) in [5, 5.41) is 2.70. The van der Waals surface area contributed by atoms with Gasteiger partial charge in [0.15, 0.2) is 0 Å². The van der Waals surface area contributed by atoms with Gasteiger partial charge in [-0.05, 0) is 5.41 Å². The second-order valence-corrected chi connectivity index (χ2v) is 6.06. The monoisotopic (exact) mass is 271 g/mol. The van der Waals surface area contributed by atoms with Crippen LogP contribution in [0, 0.1) is 5.41 Å². The fourth-order valence-electron chi connectivity index (χ4n) is 1.87. The Morgan fingerprint density at radius 2 is 2.11 bits per heavy atom. The summed E-state index contributed by atoms with van der Waals surface area (Å²) in [5.41, 5.74) is 5.73. The maximum atomic E-state index is 12.3. The van der Waals surface area contributed by atoms with Gasteiger partial charge < -0.3 is 20.7 Å². The lowest BCUT2D eigenvalue weighted by Crippen LogP contribution is -2.56. The van der Waals surface area contributed by atoms with Crippen LogP contribution in [-0.4, -0.2) is 55.1 Å². The number of amides is 2. The Morgan fingerprint density at radius 3 is 2.63 bits per heavy atom. The average Bonchev–Trinajstić information content (AvgIpc) is 2.33. The van der Waals surface area contributed by atoms with Crippen LogP contribution in [0.2, 0.25) is 0 Å². The number of nitrogens with two attached hydrogens (primary N) is 1. The molecule has 1 unspecified atom stereocenters. The SMILES string of the molecule is CC(=O)NCC1CN(C(=O)[C@@H](N)C(C)(C)C)CCO1. The van der Waals surface area contributed by atoms with E-state index in [0.29, 0.717) is 26.2 Å². The molecule has 6 nitrogen and oxygen atoms in total. The Labute approximate surface area is 114 Å². The first kappa shape index (κ1) is 15.9. The summed E-state index contributed by atoms with van der Waals surface area (Å²) in [6.07, 6.45) is -0.159. The number of rotatable bonds is 3. The van der Waals surface area contributed by atoms with Crippen molar-refractivity contribution in [2.45, 2.75) is 39.8 Å². The highest BCUT2D eigenvalue weighted by molar-refractivity contribution is 5.82. The van der Waals surface area contributed by atoms with Crippen LogP contribution >= 0.6 is 0 Å². The van der Waals surface area contributed by atoms with E-state index in [1.165, 1.54) is 6.92 Å². The number of hydrogen-bond acceptors (Lipinski definition) is 4. The topological polar surface area (TPSA) is 84.7 Å². The van der Waals surface area contributed by atoms with Crippen LogP contribution in [0.15, 0.2) is 0 Å². The molecule has 0 spiro atoms. The maximum absolute atomic E-state index is 12.3. The summed E-state index contributed by atoms with van der Waals surface area (Å²) in [4.78, 5) is 24.9. The lowest BCUT2D eigenvalue weighted by Gasteiger charge is -2.37. The minimum Gasteiger partial charge on any atom is -0.373 e. The van der Waals surface area contributed by atoms with Gasteiger partial charge in [-0.3, -0.25) is 9.59 Å². The van der Waals surface area contributed by atoms with Gasteiger partial charge in [-0.25, -0.2) is 0 Å². The summed E-state index contributed by atoms with van der Waals surface area (Å²) in [5.74, 6) is -0.151. The summed E-state index contributed by atoms with van der Waals surface area (Å²) < 4.78 is 5.52. The zero-order valence-corrected chi connectivity index (χ0v) is 12.2. The van der Waals surface area contributed by atoms with Crippen molar-refractivity contribution in [3.8, 4) is 0 Å². The standard InChI is InChI=1S/C13H25N3O3/c1-9(17)15-7-10-8-16(5-6-19-10)12(18)11(14)13(2,3)4/h10-11H,5-8,14H2,1-4H3,(H,15,17)/t10?,11-/m1/s1. The van der Waals surface area contributed by atoms with Crippen molar-refractivity contribution >= 4 is 11.8 Å². The van der Waals surface area contributed by atoms with Gasteiger partial charge in [0, 0.05) is 26.6 Å². The molecular formula is C13H25N3O3. The van der Waals surface area contributed by atoms with E-state index in [0.717, 1.165) is 0 Å². The third kappa shape index (κ3) is 4.80. The fourth-order valence-corrected chi connectivity index (χ4v) is 1.87. The number of hydrogen-bond donors (Lipinski definition) is 2. The number of morpholine rings is 1. The molecular weight excluding hydrogens is 246 g/mol. The quantitative estimate of drug-likeness (QED) is 0.739. The molecule has 0 radical (unpaired) electrons. The predicted octanol–water partition coefficient (Wildman–Crippen LogP) is -0.277. The number of nitrogens with zero attached hydrogens (tertiary/aromatic N) is 1. The molecule has 1 rings (SSSR count). The van der Waals surface area contributed by atoms with Crippen LogP contribution in [0.5, 0.6) is 0 Å². The molecule has 0 saturated carbocycles. The van der Waals surface area contributed by atoms with Crippen LogP contribution in [0.1, 0.15) is 27.7 Å². The van der Waals surface area contributed by atoms with Crippen LogP contribution < -0.4 is 11.1 Å². The summed E-state index contributed by atoms with van der Waals surface area (Å²) in [7, 11) is 0.